The molecule has 0 radical (unpaired) electrons. The zero-order valence-corrected chi connectivity index (χ0v) is 14.3. The van der Waals surface area contributed by atoms with Crippen molar-refractivity contribution in [2.45, 2.75) is 6.92 Å². The minimum atomic E-state index is 0.639. The van der Waals surface area contributed by atoms with Crippen LogP contribution in [0.4, 0.5) is 0 Å². The molecule has 0 bridgehead atoms. The van der Waals surface area contributed by atoms with Crippen LogP contribution < -0.4 is 19.6 Å². The summed E-state index contributed by atoms with van der Waals surface area (Å²) in [6.07, 6.45) is 5.38. The van der Waals surface area contributed by atoms with Crippen molar-refractivity contribution in [1.29, 1.82) is 0 Å². The van der Waals surface area contributed by atoms with Gasteiger partial charge in [-0.2, -0.15) is 5.10 Å². The maximum absolute atomic E-state index is 5.82. The van der Waals surface area contributed by atoms with E-state index in [0.717, 1.165) is 11.3 Å². The van der Waals surface area contributed by atoms with Crippen LogP contribution in [0.5, 0.6) is 17.2 Å². The van der Waals surface area contributed by atoms with Crippen LogP contribution in [0.15, 0.2) is 65.9 Å². The molecule has 5 nitrogen and oxygen atoms in total. The van der Waals surface area contributed by atoms with Crippen LogP contribution in [-0.2, 0) is 0 Å². The first-order chi connectivity index (χ1) is 11.8. The molecule has 124 valence electrons. The fraction of sp³-hybridized carbons (Fsp3) is 0.111. The van der Waals surface area contributed by atoms with Crippen LogP contribution in [0.25, 0.3) is 0 Å². The summed E-state index contributed by atoms with van der Waals surface area (Å²) in [5.74, 6) is 2.05. The molecule has 0 saturated carbocycles. The zero-order chi connectivity index (χ0) is 17.0. The number of allylic oxidation sites excluding steroid dienone is 1. The lowest BCUT2D eigenvalue weighted by Crippen LogP contribution is -1.97. The van der Waals surface area contributed by atoms with Crippen molar-refractivity contribution in [3.8, 4) is 22.6 Å². The molecule has 2 aromatic carbocycles. The first-order valence-electron chi connectivity index (χ1n) is 7.30. The standard InChI is InChI=1S/C18H19N3O2S/c1-3-11-21-24-14-20-19-13-15-9-10-17(18(12-15)22-2)23-16-7-5-4-6-8-16/h3-13,20-21H,1-2H3/b11-3+,19-13+. The Labute approximate surface area is 145 Å². The van der Waals surface area contributed by atoms with Crippen LogP contribution in [0.3, 0.4) is 0 Å². The lowest BCUT2D eigenvalue weighted by molar-refractivity contribution is 0.379. The third kappa shape index (κ3) is 5.68. The zero-order valence-electron chi connectivity index (χ0n) is 13.5. The van der Waals surface area contributed by atoms with Crippen molar-refractivity contribution >= 4 is 17.6 Å². The first kappa shape index (κ1) is 17.4. The Bertz CT molecular complexity index is 765. The van der Waals surface area contributed by atoms with Gasteiger partial charge in [-0.25, -0.2) is 5.43 Å². The van der Waals surface area contributed by atoms with Gasteiger partial charge in [0.2, 0.25) is 0 Å². The van der Waals surface area contributed by atoms with Crippen molar-refractivity contribution < 1.29 is 9.47 Å². The Kier molecular flexibility index (Phi) is 7.21. The fourth-order valence-electron chi connectivity index (χ4n) is 1.75. The summed E-state index contributed by atoms with van der Waals surface area (Å²) in [7, 11) is 1.61. The van der Waals surface area contributed by atoms with Gasteiger partial charge in [0.05, 0.1) is 18.6 Å². The molecule has 0 spiro atoms. The number of methoxy groups -OCH3 is 1. The predicted octanol–water partition coefficient (Wildman–Crippen LogP) is 4.10. The topological polar surface area (TPSA) is 54.9 Å². The normalized spacial score (nSPS) is 10.4. The summed E-state index contributed by atoms with van der Waals surface area (Å²) in [5.41, 5.74) is 3.58. The van der Waals surface area contributed by atoms with E-state index < -0.39 is 0 Å². The van der Waals surface area contributed by atoms with Gasteiger partial charge < -0.3 is 14.2 Å². The van der Waals surface area contributed by atoms with Crippen molar-refractivity contribution in [3.05, 3.63) is 66.4 Å². The van der Waals surface area contributed by atoms with Gasteiger partial charge in [0.1, 0.15) is 5.75 Å². The summed E-state index contributed by atoms with van der Waals surface area (Å²) in [6.45, 7) is 1.93. The van der Waals surface area contributed by atoms with Crippen molar-refractivity contribution in [3.63, 3.8) is 0 Å². The van der Waals surface area contributed by atoms with Crippen LogP contribution >= 0.6 is 11.4 Å². The highest BCUT2D eigenvalue weighted by molar-refractivity contribution is 7.86. The van der Waals surface area contributed by atoms with Crippen molar-refractivity contribution in [2.24, 2.45) is 5.10 Å². The Morgan fingerprint density at radius 1 is 1.12 bits per heavy atom. The van der Waals surface area contributed by atoms with E-state index in [-0.39, 0.29) is 0 Å². The highest BCUT2D eigenvalue weighted by atomic mass is 32.1. The second-order valence-electron chi connectivity index (χ2n) is 4.52. The lowest BCUT2D eigenvalue weighted by atomic mass is 10.2. The van der Waals surface area contributed by atoms with Crippen molar-refractivity contribution in [1.82, 2.24) is 10.1 Å². The number of benzene rings is 2. The van der Waals surface area contributed by atoms with Gasteiger partial charge >= 0.3 is 0 Å². The van der Waals surface area contributed by atoms with Gasteiger partial charge in [-0.15, -0.1) is 0 Å². The molecule has 0 amide bonds. The Hall–Kier alpha value is -2.95. The molecule has 0 fully saturated rings. The summed E-state index contributed by atoms with van der Waals surface area (Å²) < 4.78 is 14.1. The van der Waals surface area contributed by atoms with Crippen LogP contribution in [0.2, 0.25) is 0 Å². The van der Waals surface area contributed by atoms with E-state index in [1.807, 2.05) is 61.5 Å². The Morgan fingerprint density at radius 3 is 2.71 bits per heavy atom. The second kappa shape index (κ2) is 9.94. The minimum Gasteiger partial charge on any atom is -0.493 e. The Morgan fingerprint density at radius 2 is 1.96 bits per heavy atom. The average molecular weight is 341 g/mol. The molecule has 0 aliphatic rings. The van der Waals surface area contributed by atoms with Crippen LogP contribution in [0, 0.1) is 5.31 Å². The molecule has 0 unspecified atom stereocenters. The van der Waals surface area contributed by atoms with E-state index in [2.05, 4.69) is 20.6 Å². The first-order valence-corrected chi connectivity index (χ1v) is 8.11. The number of hydrogen-bond acceptors (Lipinski definition) is 5. The molecule has 24 heavy (non-hydrogen) atoms. The van der Waals surface area contributed by atoms with E-state index in [9.17, 15) is 0 Å². The average Bonchev–Trinajstić information content (AvgIpc) is 2.63. The number of rotatable bonds is 6. The number of para-hydroxylation sites is 1. The number of ether oxygens (including phenoxy) is 2. The van der Waals surface area contributed by atoms with E-state index in [4.69, 9.17) is 9.47 Å². The van der Waals surface area contributed by atoms with E-state index in [0.29, 0.717) is 11.5 Å². The van der Waals surface area contributed by atoms with E-state index in [1.54, 1.807) is 19.5 Å². The van der Waals surface area contributed by atoms with Gasteiger partial charge in [0.25, 0.3) is 0 Å². The number of hydrogen-bond donors (Lipinski definition) is 2. The molecule has 0 saturated heterocycles. The van der Waals surface area contributed by atoms with Gasteiger partial charge in [-0.3, -0.25) is 0 Å². The Balaban J connectivity index is 2.01. The summed E-state index contributed by atoms with van der Waals surface area (Å²) in [5, 5.41) is 6.87. The van der Waals surface area contributed by atoms with Gasteiger partial charge in [0.15, 0.2) is 11.5 Å². The van der Waals surface area contributed by atoms with Gasteiger partial charge in [0, 0.05) is 17.6 Å². The maximum atomic E-state index is 5.82. The number of hydrazone groups is 1. The second-order valence-corrected chi connectivity index (χ2v) is 5.16. The quantitative estimate of drug-likeness (QED) is 0.359. The minimum absolute atomic E-state index is 0.639. The molecule has 2 aromatic rings. The van der Waals surface area contributed by atoms with E-state index in [1.165, 1.54) is 11.4 Å². The van der Waals surface area contributed by atoms with Crippen LogP contribution in [0.1, 0.15) is 12.5 Å². The summed E-state index contributed by atoms with van der Waals surface area (Å²) in [6, 6.07) is 15.2. The fourth-order valence-corrected chi connectivity index (χ4v) is 2.11. The molecular weight excluding hydrogens is 322 g/mol. The molecule has 0 aliphatic carbocycles. The summed E-state index contributed by atoms with van der Waals surface area (Å²) >= 11 is 1.27. The lowest BCUT2D eigenvalue weighted by Gasteiger charge is -2.10. The summed E-state index contributed by atoms with van der Waals surface area (Å²) in [4.78, 5) is 0. The highest BCUT2D eigenvalue weighted by Gasteiger charge is 2.06. The molecule has 6 heteroatoms. The molecule has 0 heterocycles. The van der Waals surface area contributed by atoms with Gasteiger partial charge in [-0.05, 0) is 42.8 Å². The molecule has 2 N–H and O–H groups in total. The largest absolute Gasteiger partial charge is 0.493 e. The molecule has 2 rings (SSSR count). The van der Waals surface area contributed by atoms with Gasteiger partial charge in [-0.1, -0.05) is 24.3 Å². The highest BCUT2D eigenvalue weighted by Crippen LogP contribution is 2.31. The monoisotopic (exact) mass is 341 g/mol. The number of nitrogens with one attached hydrogen (secondary N) is 2. The van der Waals surface area contributed by atoms with Crippen LogP contribution in [-0.4, -0.2) is 13.3 Å². The molecule has 0 atom stereocenters. The molecular formula is C18H19N3O2S. The third-order valence-corrected chi connectivity index (χ3v) is 3.27. The van der Waals surface area contributed by atoms with E-state index >= 15 is 0 Å². The number of nitrogens with zero attached hydrogens (tertiary/aromatic N) is 1. The predicted molar refractivity (Wildman–Crippen MR) is 99.7 cm³/mol. The smallest absolute Gasteiger partial charge is 0.169 e. The molecule has 0 aliphatic heterocycles. The third-order valence-electron chi connectivity index (χ3n) is 2.83. The molecule has 0 aromatic heterocycles. The SMILES string of the molecule is C/C=C/NS#CN/N=C/c1ccc(Oc2ccccc2)c(OC)c1. The van der Waals surface area contributed by atoms with Crippen molar-refractivity contribution in [2.75, 3.05) is 7.11 Å². The maximum Gasteiger partial charge on any atom is 0.169 e.